The Kier molecular flexibility index (Phi) is 9.66. The molecule has 0 spiro atoms. The van der Waals surface area contributed by atoms with Crippen molar-refractivity contribution in [3.63, 3.8) is 0 Å². The van der Waals surface area contributed by atoms with E-state index in [0.29, 0.717) is 63.5 Å². The number of carbonyl (C=O) groups is 3. The molecule has 2 aliphatic heterocycles. The topological polar surface area (TPSA) is 124 Å². The molecule has 2 saturated heterocycles. The Labute approximate surface area is 298 Å². The van der Waals surface area contributed by atoms with E-state index >= 15 is 0 Å². The Hall–Kier alpha value is -5.57. The summed E-state index contributed by atoms with van der Waals surface area (Å²) in [5, 5.41) is 9.24. The van der Waals surface area contributed by atoms with Crippen LogP contribution in [0.1, 0.15) is 57.5 Å². The summed E-state index contributed by atoms with van der Waals surface area (Å²) in [6.07, 6.45) is 3.13. The molecule has 0 aliphatic carbocycles. The highest BCUT2D eigenvalue weighted by Crippen LogP contribution is 2.32. The molecule has 12 heteroatoms. The quantitative estimate of drug-likeness (QED) is 0.245. The van der Waals surface area contributed by atoms with Gasteiger partial charge >= 0.3 is 12.2 Å². The van der Waals surface area contributed by atoms with Gasteiger partial charge in [0, 0.05) is 64.1 Å². The number of aromatic nitrogens is 2. The van der Waals surface area contributed by atoms with Gasteiger partial charge in [0.15, 0.2) is 0 Å². The van der Waals surface area contributed by atoms with Crippen molar-refractivity contribution in [2.45, 2.75) is 52.7 Å². The first-order valence-electron chi connectivity index (χ1n) is 17.3. The molecule has 0 radical (unpaired) electrons. The Morgan fingerprint density at radius 2 is 1.22 bits per heavy atom. The fourth-order valence-electron chi connectivity index (χ4n) is 6.28. The number of hydrogen-bond donors (Lipinski definition) is 0. The van der Waals surface area contributed by atoms with E-state index in [2.05, 4.69) is 16.0 Å². The molecule has 6 rings (SSSR count). The van der Waals surface area contributed by atoms with E-state index in [9.17, 15) is 19.6 Å². The van der Waals surface area contributed by atoms with Crippen LogP contribution in [0.4, 0.5) is 15.3 Å². The van der Waals surface area contributed by atoms with E-state index in [1.165, 1.54) is 0 Å². The molecule has 51 heavy (non-hydrogen) atoms. The molecule has 4 aromatic rings. The molecule has 0 bridgehead atoms. The average molecular weight is 692 g/mol. The first-order chi connectivity index (χ1) is 24.2. The van der Waals surface area contributed by atoms with E-state index < -0.39 is 11.2 Å². The van der Waals surface area contributed by atoms with Gasteiger partial charge < -0.3 is 29.1 Å². The third-order valence-electron chi connectivity index (χ3n) is 8.87. The number of piperazine rings is 2. The predicted octanol–water partition coefficient (Wildman–Crippen LogP) is 6.29. The van der Waals surface area contributed by atoms with Gasteiger partial charge in [0.05, 0.1) is 34.8 Å². The maximum Gasteiger partial charge on any atom is 0.410 e. The number of amides is 3. The van der Waals surface area contributed by atoms with E-state index in [4.69, 9.17) is 9.47 Å². The highest BCUT2D eigenvalue weighted by molar-refractivity contribution is 6.01. The van der Waals surface area contributed by atoms with Crippen LogP contribution in [0.3, 0.4) is 0 Å². The van der Waals surface area contributed by atoms with Crippen molar-refractivity contribution in [3.8, 4) is 28.5 Å². The SMILES string of the molecule is CC(C)(C)OC(=O)N1CCN(C(=O)c2ccc(-c3ccc4ncc(-c5ccc(C#N)cc5)n4c3)cc2N2CCN(C(=O)OC(C)(C)C)CC2)CC1. The third-order valence-corrected chi connectivity index (χ3v) is 8.87. The van der Waals surface area contributed by atoms with Gasteiger partial charge in [-0.25, -0.2) is 14.6 Å². The molecule has 4 heterocycles. The van der Waals surface area contributed by atoms with Gasteiger partial charge in [-0.05, 0) is 89.1 Å². The van der Waals surface area contributed by atoms with Gasteiger partial charge in [-0.2, -0.15) is 5.26 Å². The summed E-state index contributed by atoms with van der Waals surface area (Å²) in [6, 6.07) is 19.4. The van der Waals surface area contributed by atoms with Crippen molar-refractivity contribution in [3.05, 3.63) is 78.1 Å². The number of pyridine rings is 1. The Bertz CT molecular complexity index is 1970. The molecular formula is C39H45N7O5. The molecule has 0 N–H and O–H groups in total. The van der Waals surface area contributed by atoms with Gasteiger partial charge in [0.1, 0.15) is 16.8 Å². The first-order valence-corrected chi connectivity index (χ1v) is 17.3. The van der Waals surface area contributed by atoms with Crippen LogP contribution in [0.2, 0.25) is 0 Å². The number of benzene rings is 2. The Morgan fingerprint density at radius 1 is 0.686 bits per heavy atom. The van der Waals surface area contributed by atoms with Crippen LogP contribution in [0, 0.1) is 11.3 Å². The smallest absolute Gasteiger partial charge is 0.410 e. The number of rotatable bonds is 4. The molecule has 2 aromatic carbocycles. The minimum atomic E-state index is -0.595. The summed E-state index contributed by atoms with van der Waals surface area (Å²) in [5.41, 5.74) is 5.24. The number of nitrogens with zero attached hydrogens (tertiary/aromatic N) is 7. The van der Waals surface area contributed by atoms with Crippen molar-refractivity contribution >= 4 is 29.4 Å². The highest BCUT2D eigenvalue weighted by Gasteiger charge is 2.32. The molecule has 2 aromatic heterocycles. The van der Waals surface area contributed by atoms with Gasteiger partial charge in [-0.1, -0.05) is 18.2 Å². The average Bonchev–Trinajstić information content (AvgIpc) is 3.53. The summed E-state index contributed by atoms with van der Waals surface area (Å²) in [5.74, 6) is -0.108. The van der Waals surface area contributed by atoms with Crippen molar-refractivity contribution in [2.24, 2.45) is 0 Å². The minimum Gasteiger partial charge on any atom is -0.444 e. The minimum absolute atomic E-state index is 0.108. The first kappa shape index (κ1) is 35.3. The molecule has 3 amide bonds. The Balaban J connectivity index is 1.29. The summed E-state index contributed by atoms with van der Waals surface area (Å²) >= 11 is 0. The molecule has 0 unspecified atom stereocenters. The zero-order valence-corrected chi connectivity index (χ0v) is 30.2. The molecule has 0 saturated carbocycles. The van der Waals surface area contributed by atoms with Crippen LogP contribution in [0.25, 0.3) is 28.0 Å². The standard InChI is InChI=1S/C39H45N7O5/c1-38(2,3)50-36(48)44-19-15-42(16-20-44)32-23-29(11-13-31(32)35(47)43-17-21-45(22-18-43)37(49)51-39(4,5)6)30-12-14-34-41-25-33(46(34)26-30)28-9-7-27(24-40)8-10-28/h7-14,23,25-26H,15-22H2,1-6H3. The fraction of sp³-hybridized carbons (Fsp3) is 0.410. The lowest BCUT2D eigenvalue weighted by molar-refractivity contribution is 0.0140. The van der Waals surface area contributed by atoms with E-state index in [1.54, 1.807) is 26.8 Å². The molecule has 0 atom stereocenters. The van der Waals surface area contributed by atoms with E-state index in [-0.39, 0.29) is 18.1 Å². The van der Waals surface area contributed by atoms with Gasteiger partial charge in [0.25, 0.3) is 5.91 Å². The maximum atomic E-state index is 14.2. The summed E-state index contributed by atoms with van der Waals surface area (Å²) in [4.78, 5) is 51.6. The van der Waals surface area contributed by atoms with Crippen molar-refractivity contribution in [2.75, 3.05) is 57.3 Å². The Morgan fingerprint density at radius 3 is 1.78 bits per heavy atom. The van der Waals surface area contributed by atoms with Crippen LogP contribution in [-0.4, -0.2) is 106 Å². The second kappa shape index (κ2) is 14.0. The molecule has 2 aliphatic rings. The van der Waals surface area contributed by atoms with Crippen LogP contribution < -0.4 is 4.90 Å². The molecular weight excluding hydrogens is 646 g/mol. The van der Waals surface area contributed by atoms with Crippen LogP contribution >= 0.6 is 0 Å². The maximum absolute atomic E-state index is 14.2. The van der Waals surface area contributed by atoms with E-state index in [0.717, 1.165) is 33.7 Å². The lowest BCUT2D eigenvalue weighted by atomic mass is 10.0. The number of hydrogen-bond acceptors (Lipinski definition) is 8. The number of imidazole rings is 1. The van der Waals surface area contributed by atoms with Crippen LogP contribution in [0.5, 0.6) is 0 Å². The predicted molar refractivity (Wildman–Crippen MR) is 195 cm³/mol. The van der Waals surface area contributed by atoms with Crippen molar-refractivity contribution < 1.29 is 23.9 Å². The number of carbonyl (C=O) groups excluding carboxylic acids is 3. The normalized spacial score (nSPS) is 15.5. The van der Waals surface area contributed by atoms with Crippen molar-refractivity contribution in [1.29, 1.82) is 5.26 Å². The zero-order chi connectivity index (χ0) is 36.5. The monoisotopic (exact) mass is 691 g/mol. The van der Waals surface area contributed by atoms with Gasteiger partial charge in [0.2, 0.25) is 0 Å². The number of anilines is 1. The lowest BCUT2D eigenvalue weighted by Crippen LogP contribution is -2.52. The molecule has 12 nitrogen and oxygen atoms in total. The van der Waals surface area contributed by atoms with Gasteiger partial charge in [-0.15, -0.1) is 0 Å². The summed E-state index contributed by atoms with van der Waals surface area (Å²) in [7, 11) is 0. The second-order valence-corrected chi connectivity index (χ2v) is 14.9. The fourth-order valence-corrected chi connectivity index (χ4v) is 6.28. The van der Waals surface area contributed by atoms with Crippen LogP contribution in [0.15, 0.2) is 67.0 Å². The van der Waals surface area contributed by atoms with Crippen LogP contribution in [-0.2, 0) is 9.47 Å². The van der Waals surface area contributed by atoms with Crippen molar-refractivity contribution in [1.82, 2.24) is 24.1 Å². The third kappa shape index (κ3) is 8.09. The summed E-state index contributed by atoms with van der Waals surface area (Å²) < 4.78 is 13.2. The second-order valence-electron chi connectivity index (χ2n) is 14.9. The molecule has 2 fully saturated rings. The number of ether oxygens (including phenoxy) is 2. The zero-order valence-electron chi connectivity index (χ0n) is 30.2. The number of fused-ring (bicyclic) bond motifs is 1. The largest absolute Gasteiger partial charge is 0.444 e. The van der Waals surface area contributed by atoms with Gasteiger partial charge in [-0.3, -0.25) is 9.20 Å². The lowest BCUT2D eigenvalue weighted by Gasteiger charge is -2.39. The highest BCUT2D eigenvalue weighted by atomic mass is 16.6. The molecule has 266 valence electrons. The number of nitriles is 1. The summed E-state index contributed by atoms with van der Waals surface area (Å²) in [6.45, 7) is 14.6. The van der Waals surface area contributed by atoms with E-state index in [1.807, 2.05) is 101 Å².